The zero-order valence-electron chi connectivity index (χ0n) is 14.1. The first-order valence-electron chi connectivity index (χ1n) is 7.75. The summed E-state index contributed by atoms with van der Waals surface area (Å²) in [5.74, 6) is 0.617. The first kappa shape index (κ1) is 18.8. The standard InChI is InChI=1S/C17H16Cl2N4O2S/c1-10(16(24)20-8-11-5-3-4-6-14(11)25-2)26-17-22-21-15-13(19)7-12(18)9-23(15)17/h3-7,9-10H,8H2,1-2H3,(H,20,24). The van der Waals surface area contributed by atoms with Gasteiger partial charge in [0, 0.05) is 18.3 Å². The van der Waals surface area contributed by atoms with E-state index in [1.807, 2.05) is 24.3 Å². The Bertz CT molecular complexity index is 948. The predicted molar refractivity (Wildman–Crippen MR) is 103 cm³/mol. The van der Waals surface area contributed by atoms with Crippen molar-refractivity contribution in [2.24, 2.45) is 0 Å². The molecule has 1 aromatic carbocycles. The lowest BCUT2D eigenvalue weighted by atomic mass is 10.2. The maximum atomic E-state index is 12.4. The van der Waals surface area contributed by atoms with Crippen molar-refractivity contribution in [2.75, 3.05) is 7.11 Å². The molecule has 1 unspecified atom stereocenters. The molecule has 0 radical (unpaired) electrons. The van der Waals surface area contributed by atoms with Crippen LogP contribution < -0.4 is 10.1 Å². The summed E-state index contributed by atoms with van der Waals surface area (Å²) in [5, 5.41) is 12.1. The molecule has 0 saturated carbocycles. The summed E-state index contributed by atoms with van der Waals surface area (Å²) in [6.45, 7) is 2.18. The number of rotatable bonds is 6. The predicted octanol–water partition coefficient (Wildman–Crippen LogP) is 3.84. The number of aromatic nitrogens is 3. The van der Waals surface area contributed by atoms with Crippen LogP contribution in [0.25, 0.3) is 5.65 Å². The minimum absolute atomic E-state index is 0.120. The highest BCUT2D eigenvalue weighted by Gasteiger charge is 2.19. The molecular weight excluding hydrogens is 395 g/mol. The van der Waals surface area contributed by atoms with Crippen LogP contribution in [0, 0.1) is 0 Å². The topological polar surface area (TPSA) is 68.5 Å². The summed E-state index contributed by atoms with van der Waals surface area (Å²) in [5.41, 5.74) is 1.41. The third-order valence-electron chi connectivity index (χ3n) is 3.69. The van der Waals surface area contributed by atoms with Crippen molar-refractivity contribution in [1.82, 2.24) is 19.9 Å². The van der Waals surface area contributed by atoms with Gasteiger partial charge < -0.3 is 10.1 Å². The molecule has 0 aliphatic rings. The van der Waals surface area contributed by atoms with Crippen molar-refractivity contribution in [3.05, 3.63) is 52.1 Å². The van der Waals surface area contributed by atoms with E-state index < -0.39 is 0 Å². The number of carbonyl (C=O) groups excluding carboxylic acids is 1. The molecule has 0 saturated heterocycles. The normalized spacial score (nSPS) is 12.2. The monoisotopic (exact) mass is 410 g/mol. The van der Waals surface area contributed by atoms with Crippen LogP contribution in [0.1, 0.15) is 12.5 Å². The smallest absolute Gasteiger partial charge is 0.233 e. The molecule has 3 rings (SSSR count). The molecule has 136 valence electrons. The van der Waals surface area contributed by atoms with Crippen LogP contribution in [0.15, 0.2) is 41.7 Å². The highest BCUT2D eigenvalue weighted by atomic mass is 35.5. The van der Waals surface area contributed by atoms with E-state index in [4.69, 9.17) is 27.9 Å². The molecule has 9 heteroatoms. The molecule has 3 aromatic rings. The molecular formula is C17H16Cl2N4O2S. The summed E-state index contributed by atoms with van der Waals surface area (Å²) in [6.07, 6.45) is 1.67. The van der Waals surface area contributed by atoms with E-state index in [-0.39, 0.29) is 11.2 Å². The number of methoxy groups -OCH3 is 1. The number of pyridine rings is 1. The van der Waals surface area contributed by atoms with Crippen LogP contribution in [-0.4, -0.2) is 32.9 Å². The highest BCUT2D eigenvalue weighted by molar-refractivity contribution is 8.00. The second kappa shape index (κ2) is 8.16. The number of nitrogens with one attached hydrogen (secondary N) is 1. The highest BCUT2D eigenvalue weighted by Crippen LogP contribution is 2.27. The fourth-order valence-corrected chi connectivity index (χ4v) is 3.73. The van der Waals surface area contributed by atoms with E-state index in [1.54, 1.807) is 30.7 Å². The second-order valence-corrected chi connectivity index (χ2v) is 7.62. The van der Waals surface area contributed by atoms with E-state index in [1.165, 1.54) is 11.8 Å². The van der Waals surface area contributed by atoms with Crippen molar-refractivity contribution < 1.29 is 9.53 Å². The zero-order valence-corrected chi connectivity index (χ0v) is 16.4. The minimum atomic E-state index is -0.380. The van der Waals surface area contributed by atoms with Gasteiger partial charge in [-0.25, -0.2) is 0 Å². The van der Waals surface area contributed by atoms with Gasteiger partial charge in [0.25, 0.3) is 0 Å². The van der Waals surface area contributed by atoms with Crippen molar-refractivity contribution in [2.45, 2.75) is 23.9 Å². The van der Waals surface area contributed by atoms with Crippen molar-refractivity contribution in [3.63, 3.8) is 0 Å². The minimum Gasteiger partial charge on any atom is -0.496 e. The lowest BCUT2D eigenvalue weighted by Gasteiger charge is -2.13. The van der Waals surface area contributed by atoms with E-state index in [0.717, 1.165) is 11.3 Å². The van der Waals surface area contributed by atoms with Gasteiger partial charge in [-0.3, -0.25) is 9.20 Å². The molecule has 2 heterocycles. The number of amides is 1. The van der Waals surface area contributed by atoms with Gasteiger partial charge >= 0.3 is 0 Å². The van der Waals surface area contributed by atoms with Crippen molar-refractivity contribution in [1.29, 1.82) is 0 Å². The molecule has 0 aliphatic heterocycles. The average molecular weight is 411 g/mol. The first-order chi connectivity index (χ1) is 12.5. The molecule has 1 N–H and O–H groups in total. The molecule has 0 bridgehead atoms. The van der Waals surface area contributed by atoms with Crippen LogP contribution in [0.4, 0.5) is 0 Å². The lowest BCUT2D eigenvalue weighted by Crippen LogP contribution is -2.30. The zero-order chi connectivity index (χ0) is 18.7. The number of ether oxygens (including phenoxy) is 1. The number of halogens is 2. The van der Waals surface area contributed by atoms with E-state index in [0.29, 0.717) is 27.4 Å². The van der Waals surface area contributed by atoms with Gasteiger partial charge in [-0.2, -0.15) is 0 Å². The molecule has 0 aliphatic carbocycles. The number of hydrogen-bond donors (Lipinski definition) is 1. The molecule has 26 heavy (non-hydrogen) atoms. The van der Waals surface area contributed by atoms with Gasteiger partial charge in [-0.1, -0.05) is 53.2 Å². The summed E-state index contributed by atoms with van der Waals surface area (Å²) >= 11 is 13.4. The Kier molecular flexibility index (Phi) is 5.90. The second-order valence-electron chi connectivity index (χ2n) is 5.47. The fraction of sp³-hybridized carbons (Fsp3) is 0.235. The first-order valence-corrected chi connectivity index (χ1v) is 9.39. The SMILES string of the molecule is COc1ccccc1CNC(=O)C(C)Sc1nnc2c(Cl)cc(Cl)cn12. The Balaban J connectivity index is 1.68. The number of thioether (sulfide) groups is 1. The molecule has 1 amide bonds. The van der Waals surface area contributed by atoms with E-state index >= 15 is 0 Å². The van der Waals surface area contributed by atoms with E-state index in [9.17, 15) is 4.79 Å². The molecule has 1 atom stereocenters. The summed E-state index contributed by atoms with van der Waals surface area (Å²) in [4.78, 5) is 12.4. The third-order valence-corrected chi connectivity index (χ3v) is 5.23. The number of carbonyl (C=O) groups is 1. The number of nitrogens with zero attached hydrogens (tertiary/aromatic N) is 3. The van der Waals surface area contributed by atoms with Crippen LogP contribution >= 0.6 is 35.0 Å². The van der Waals surface area contributed by atoms with Crippen molar-refractivity contribution >= 4 is 46.5 Å². The lowest BCUT2D eigenvalue weighted by molar-refractivity contribution is -0.120. The maximum Gasteiger partial charge on any atom is 0.233 e. The van der Waals surface area contributed by atoms with Gasteiger partial charge in [-0.05, 0) is 19.1 Å². The average Bonchev–Trinajstić information content (AvgIpc) is 3.02. The Labute approximate surface area is 164 Å². The van der Waals surface area contributed by atoms with Gasteiger partial charge in [0.15, 0.2) is 10.8 Å². The Morgan fingerprint density at radius 1 is 1.35 bits per heavy atom. The van der Waals surface area contributed by atoms with Crippen LogP contribution in [-0.2, 0) is 11.3 Å². The van der Waals surface area contributed by atoms with Crippen LogP contribution in [0.2, 0.25) is 10.0 Å². The van der Waals surface area contributed by atoms with Crippen molar-refractivity contribution in [3.8, 4) is 5.75 Å². The molecule has 0 fully saturated rings. The van der Waals surface area contributed by atoms with Crippen LogP contribution in [0.3, 0.4) is 0 Å². The Morgan fingerprint density at radius 2 is 2.12 bits per heavy atom. The number of benzene rings is 1. The quantitative estimate of drug-likeness (QED) is 0.625. The van der Waals surface area contributed by atoms with Gasteiger partial charge in [-0.15, -0.1) is 10.2 Å². The molecule has 0 spiro atoms. The van der Waals surface area contributed by atoms with Gasteiger partial charge in [0.05, 0.1) is 22.4 Å². The largest absolute Gasteiger partial charge is 0.496 e. The summed E-state index contributed by atoms with van der Waals surface area (Å²) in [6, 6.07) is 9.15. The molecule has 6 nitrogen and oxygen atoms in total. The number of hydrogen-bond acceptors (Lipinski definition) is 5. The van der Waals surface area contributed by atoms with Gasteiger partial charge in [0.2, 0.25) is 5.91 Å². The molecule has 2 aromatic heterocycles. The summed E-state index contributed by atoms with van der Waals surface area (Å²) in [7, 11) is 1.60. The summed E-state index contributed by atoms with van der Waals surface area (Å²) < 4.78 is 6.97. The third kappa shape index (κ3) is 4.06. The maximum absolute atomic E-state index is 12.4. The van der Waals surface area contributed by atoms with Crippen LogP contribution in [0.5, 0.6) is 5.75 Å². The number of fused-ring (bicyclic) bond motifs is 1. The fourth-order valence-electron chi connectivity index (χ4n) is 2.37. The number of para-hydroxylation sites is 1. The Morgan fingerprint density at radius 3 is 2.88 bits per heavy atom. The Hall–Kier alpha value is -1.96. The van der Waals surface area contributed by atoms with E-state index in [2.05, 4.69) is 15.5 Å². The van der Waals surface area contributed by atoms with Gasteiger partial charge in [0.1, 0.15) is 5.75 Å².